The lowest BCUT2D eigenvalue weighted by molar-refractivity contribution is 0.0691. The van der Waals surface area contributed by atoms with Crippen molar-refractivity contribution in [2.45, 2.75) is 0 Å². The van der Waals surface area contributed by atoms with Gasteiger partial charge in [-0.05, 0) is 30.3 Å². The van der Waals surface area contributed by atoms with Crippen LogP contribution < -0.4 is 11.1 Å². The van der Waals surface area contributed by atoms with E-state index < -0.39 is 23.3 Å². The molecule has 0 spiro atoms. The third-order valence-corrected chi connectivity index (χ3v) is 2.47. The molecule has 0 radical (unpaired) electrons. The van der Waals surface area contributed by atoms with E-state index in [1.807, 2.05) is 0 Å². The molecule has 0 atom stereocenters. The quantitative estimate of drug-likeness (QED) is 0.791. The molecule has 0 fully saturated rings. The molecule has 102 valence electrons. The average Bonchev–Trinajstić information content (AvgIpc) is 2.41. The van der Waals surface area contributed by atoms with Crippen LogP contribution in [-0.4, -0.2) is 22.0 Å². The molecule has 0 aliphatic rings. The van der Waals surface area contributed by atoms with E-state index in [1.165, 1.54) is 24.4 Å². The van der Waals surface area contributed by atoms with Gasteiger partial charge in [-0.15, -0.1) is 0 Å². The number of anilines is 2. The molecule has 1 aromatic heterocycles. The van der Waals surface area contributed by atoms with Gasteiger partial charge < -0.3 is 16.2 Å². The fraction of sp³-hybridized carbons (Fsp3) is 0. The molecule has 20 heavy (non-hydrogen) atoms. The van der Waals surface area contributed by atoms with Crippen LogP contribution >= 0.6 is 0 Å². The molecular formula is C13H10FN3O3. The summed E-state index contributed by atoms with van der Waals surface area (Å²) in [5.74, 6) is -2.83. The number of nitrogens with one attached hydrogen (secondary N) is 1. The number of carboxylic acids is 1. The molecule has 0 saturated carbocycles. The maximum absolute atomic E-state index is 13.2. The number of nitrogens with two attached hydrogens (primary N) is 1. The van der Waals surface area contributed by atoms with Gasteiger partial charge in [0.05, 0.1) is 17.4 Å². The number of amides is 1. The first-order chi connectivity index (χ1) is 9.47. The Balaban J connectivity index is 2.21. The summed E-state index contributed by atoms with van der Waals surface area (Å²) in [4.78, 5) is 26.4. The second kappa shape index (κ2) is 5.35. The lowest BCUT2D eigenvalue weighted by Crippen LogP contribution is -2.14. The Morgan fingerprint density at radius 3 is 2.60 bits per heavy atom. The molecule has 0 bridgehead atoms. The number of hydrogen-bond acceptors (Lipinski definition) is 4. The van der Waals surface area contributed by atoms with Crippen molar-refractivity contribution in [3.63, 3.8) is 0 Å². The van der Waals surface area contributed by atoms with Crippen LogP contribution in [0.4, 0.5) is 15.8 Å². The highest BCUT2D eigenvalue weighted by atomic mass is 19.1. The van der Waals surface area contributed by atoms with E-state index in [0.717, 1.165) is 12.1 Å². The number of nitrogens with zero attached hydrogens (tertiary/aromatic N) is 1. The molecule has 1 heterocycles. The van der Waals surface area contributed by atoms with Crippen molar-refractivity contribution in [2.75, 3.05) is 11.1 Å². The number of aromatic carboxylic acids is 1. The zero-order valence-corrected chi connectivity index (χ0v) is 10.1. The van der Waals surface area contributed by atoms with Gasteiger partial charge >= 0.3 is 5.97 Å². The summed E-state index contributed by atoms with van der Waals surface area (Å²) in [6.07, 6.45) is 1.32. The van der Waals surface area contributed by atoms with Crippen molar-refractivity contribution in [1.82, 2.24) is 4.98 Å². The highest BCUT2D eigenvalue weighted by Crippen LogP contribution is 2.15. The number of nitrogen functional groups attached to an aromatic ring is 1. The molecule has 4 N–H and O–H groups in total. The number of aromatic nitrogens is 1. The van der Waals surface area contributed by atoms with E-state index in [0.29, 0.717) is 5.69 Å². The first-order valence-corrected chi connectivity index (χ1v) is 5.53. The van der Waals surface area contributed by atoms with Crippen molar-refractivity contribution in [3.8, 4) is 0 Å². The topological polar surface area (TPSA) is 105 Å². The molecule has 1 aromatic carbocycles. The Morgan fingerprint density at radius 1 is 1.25 bits per heavy atom. The van der Waals surface area contributed by atoms with Crippen LogP contribution in [0.15, 0.2) is 36.5 Å². The molecule has 0 aliphatic heterocycles. The summed E-state index contributed by atoms with van der Waals surface area (Å²) >= 11 is 0. The van der Waals surface area contributed by atoms with E-state index >= 15 is 0 Å². The van der Waals surface area contributed by atoms with Crippen LogP contribution in [0.1, 0.15) is 20.8 Å². The number of rotatable bonds is 3. The number of benzene rings is 1. The maximum Gasteiger partial charge on any atom is 0.338 e. The zero-order chi connectivity index (χ0) is 14.7. The summed E-state index contributed by atoms with van der Waals surface area (Å²) in [5, 5.41) is 11.2. The Bertz CT molecular complexity index is 671. The first-order valence-electron chi connectivity index (χ1n) is 5.53. The molecule has 2 aromatic rings. The highest BCUT2D eigenvalue weighted by Gasteiger charge is 2.13. The summed E-state index contributed by atoms with van der Waals surface area (Å²) in [5.41, 5.74) is 5.61. The van der Waals surface area contributed by atoms with Gasteiger partial charge in [-0.2, -0.15) is 0 Å². The third kappa shape index (κ3) is 2.89. The largest absolute Gasteiger partial charge is 0.478 e. The van der Waals surface area contributed by atoms with Crippen LogP contribution in [-0.2, 0) is 0 Å². The normalized spacial score (nSPS) is 10.1. The minimum absolute atomic E-state index is 0.111. The number of pyridine rings is 1. The second-order valence-electron chi connectivity index (χ2n) is 3.93. The summed E-state index contributed by atoms with van der Waals surface area (Å²) in [6, 6.07) is 6.20. The van der Waals surface area contributed by atoms with Gasteiger partial charge in [0.15, 0.2) is 0 Å². The summed E-state index contributed by atoms with van der Waals surface area (Å²) in [6.45, 7) is 0. The van der Waals surface area contributed by atoms with E-state index in [9.17, 15) is 14.0 Å². The van der Waals surface area contributed by atoms with Crippen LogP contribution in [0.25, 0.3) is 0 Å². The van der Waals surface area contributed by atoms with E-state index in [4.69, 9.17) is 10.8 Å². The smallest absolute Gasteiger partial charge is 0.338 e. The zero-order valence-electron chi connectivity index (χ0n) is 10.1. The van der Waals surface area contributed by atoms with Gasteiger partial charge in [0, 0.05) is 5.69 Å². The molecule has 0 saturated heterocycles. The average molecular weight is 275 g/mol. The monoisotopic (exact) mass is 275 g/mol. The summed E-state index contributed by atoms with van der Waals surface area (Å²) < 4.78 is 13.2. The number of hydrogen-bond donors (Lipinski definition) is 3. The van der Waals surface area contributed by atoms with Gasteiger partial charge in [-0.3, -0.25) is 4.79 Å². The van der Waals surface area contributed by atoms with Gasteiger partial charge in [-0.25, -0.2) is 14.2 Å². The van der Waals surface area contributed by atoms with Gasteiger partial charge in [0.1, 0.15) is 11.5 Å². The number of carboxylic acid groups (broad SMARTS) is 1. The number of carbonyl (C=O) groups is 2. The van der Waals surface area contributed by atoms with Crippen LogP contribution in [0.5, 0.6) is 0 Å². The van der Waals surface area contributed by atoms with Crippen molar-refractivity contribution in [1.29, 1.82) is 0 Å². The van der Waals surface area contributed by atoms with Gasteiger partial charge in [0.25, 0.3) is 5.91 Å². The molecule has 1 amide bonds. The fourth-order valence-corrected chi connectivity index (χ4v) is 1.50. The molecule has 6 nitrogen and oxygen atoms in total. The van der Waals surface area contributed by atoms with Gasteiger partial charge in [0.2, 0.25) is 0 Å². The molecule has 0 aliphatic carbocycles. The van der Waals surface area contributed by atoms with Crippen LogP contribution in [0.2, 0.25) is 0 Å². The van der Waals surface area contributed by atoms with Crippen molar-refractivity contribution >= 4 is 23.3 Å². The number of carbonyl (C=O) groups excluding carboxylic acids is 1. The van der Waals surface area contributed by atoms with E-state index in [2.05, 4.69) is 10.3 Å². The Morgan fingerprint density at radius 2 is 2.00 bits per heavy atom. The van der Waals surface area contributed by atoms with Crippen molar-refractivity contribution < 1.29 is 19.1 Å². The first kappa shape index (κ1) is 13.5. The summed E-state index contributed by atoms with van der Waals surface area (Å²) in [7, 11) is 0. The van der Waals surface area contributed by atoms with E-state index in [1.54, 1.807) is 0 Å². The minimum Gasteiger partial charge on any atom is -0.478 e. The Kier molecular flexibility index (Phi) is 3.60. The Labute approximate surface area is 113 Å². The number of halogens is 1. The maximum atomic E-state index is 13.2. The van der Waals surface area contributed by atoms with Crippen LogP contribution in [0, 0.1) is 5.82 Å². The molecule has 0 unspecified atom stereocenters. The molecule has 2 rings (SSSR count). The highest BCUT2D eigenvalue weighted by molar-refractivity contribution is 6.03. The van der Waals surface area contributed by atoms with Crippen molar-refractivity contribution in [2.24, 2.45) is 0 Å². The standard InChI is InChI=1S/C13H10FN3O3/c14-10-3-2-8(5-9(10)13(19)20)17-12(18)11-4-1-7(15)6-16-11/h1-6H,15H2,(H,17,18)(H,19,20). The lowest BCUT2D eigenvalue weighted by atomic mass is 10.2. The molecular weight excluding hydrogens is 265 g/mol. The lowest BCUT2D eigenvalue weighted by Gasteiger charge is -2.06. The Hall–Kier alpha value is -2.96. The second-order valence-corrected chi connectivity index (χ2v) is 3.93. The minimum atomic E-state index is -1.41. The van der Waals surface area contributed by atoms with E-state index in [-0.39, 0.29) is 11.4 Å². The van der Waals surface area contributed by atoms with Gasteiger partial charge in [-0.1, -0.05) is 0 Å². The predicted molar refractivity (Wildman–Crippen MR) is 70.0 cm³/mol. The van der Waals surface area contributed by atoms with Crippen molar-refractivity contribution in [3.05, 3.63) is 53.6 Å². The van der Waals surface area contributed by atoms with Crippen LogP contribution in [0.3, 0.4) is 0 Å². The third-order valence-electron chi connectivity index (χ3n) is 2.47. The predicted octanol–water partition coefficient (Wildman–Crippen LogP) is 1.75. The fourth-order valence-electron chi connectivity index (χ4n) is 1.50. The SMILES string of the molecule is Nc1ccc(C(=O)Nc2ccc(F)c(C(=O)O)c2)nc1. The molecule has 7 heteroatoms.